The lowest BCUT2D eigenvalue weighted by atomic mass is 10.1. The molecule has 5 heteroatoms. The highest BCUT2D eigenvalue weighted by atomic mass is 79.9. The minimum Gasteiger partial charge on any atom is -0.351 e. The molecule has 0 aliphatic heterocycles. The standard InChI is InChI=1S/C11H17BrN2OS/c1-8(2)5-3-4-6-13-10(15)9-7-14-11(12)16-9/h7-8H,3-6H2,1-2H3,(H,13,15). The molecule has 90 valence electrons. The number of nitrogens with zero attached hydrogens (tertiary/aromatic N) is 1. The van der Waals surface area contributed by atoms with Crippen LogP contribution >= 0.6 is 27.3 Å². The second-order valence-electron chi connectivity index (χ2n) is 4.12. The molecule has 1 heterocycles. The molecule has 1 amide bonds. The van der Waals surface area contributed by atoms with Crippen LogP contribution in [0.1, 0.15) is 42.8 Å². The zero-order chi connectivity index (χ0) is 12.0. The number of carbonyl (C=O) groups excluding carboxylic acids is 1. The Bertz CT molecular complexity index is 338. The van der Waals surface area contributed by atoms with Crippen LogP contribution in [0, 0.1) is 5.92 Å². The Morgan fingerprint density at radius 2 is 2.31 bits per heavy atom. The van der Waals surface area contributed by atoms with E-state index in [1.165, 1.54) is 24.2 Å². The average Bonchev–Trinajstić information content (AvgIpc) is 2.63. The number of nitrogens with one attached hydrogen (secondary N) is 1. The van der Waals surface area contributed by atoms with Gasteiger partial charge >= 0.3 is 0 Å². The normalized spacial score (nSPS) is 10.8. The molecule has 1 N–H and O–H groups in total. The van der Waals surface area contributed by atoms with Gasteiger partial charge in [0, 0.05) is 6.54 Å². The summed E-state index contributed by atoms with van der Waals surface area (Å²) >= 11 is 4.59. The lowest BCUT2D eigenvalue weighted by Gasteiger charge is -2.05. The summed E-state index contributed by atoms with van der Waals surface area (Å²) in [6.45, 7) is 5.18. The largest absolute Gasteiger partial charge is 0.351 e. The highest BCUT2D eigenvalue weighted by Crippen LogP contribution is 2.18. The lowest BCUT2D eigenvalue weighted by Crippen LogP contribution is -2.23. The number of aromatic nitrogens is 1. The second-order valence-corrected chi connectivity index (χ2v) is 6.43. The van der Waals surface area contributed by atoms with Gasteiger partial charge in [-0.1, -0.05) is 26.7 Å². The Morgan fingerprint density at radius 1 is 1.56 bits per heavy atom. The van der Waals surface area contributed by atoms with Gasteiger partial charge in [0.25, 0.3) is 5.91 Å². The van der Waals surface area contributed by atoms with Crippen molar-refractivity contribution in [1.82, 2.24) is 10.3 Å². The molecule has 16 heavy (non-hydrogen) atoms. The Hall–Kier alpha value is -0.420. The van der Waals surface area contributed by atoms with Gasteiger partial charge in [-0.3, -0.25) is 4.79 Å². The average molecular weight is 305 g/mol. The van der Waals surface area contributed by atoms with Gasteiger partial charge in [-0.05, 0) is 28.3 Å². The van der Waals surface area contributed by atoms with E-state index in [9.17, 15) is 4.79 Å². The first-order valence-electron chi connectivity index (χ1n) is 5.49. The molecule has 0 saturated carbocycles. The van der Waals surface area contributed by atoms with E-state index in [1.807, 2.05) is 0 Å². The van der Waals surface area contributed by atoms with Gasteiger partial charge in [-0.25, -0.2) is 4.98 Å². The number of thiazole rings is 1. The summed E-state index contributed by atoms with van der Waals surface area (Å²) in [6, 6.07) is 0. The fourth-order valence-electron chi connectivity index (χ4n) is 1.32. The van der Waals surface area contributed by atoms with Gasteiger partial charge in [-0.15, -0.1) is 11.3 Å². The number of carbonyl (C=O) groups is 1. The molecule has 0 radical (unpaired) electrons. The molecule has 1 rings (SSSR count). The Morgan fingerprint density at radius 3 is 2.88 bits per heavy atom. The van der Waals surface area contributed by atoms with Crippen molar-refractivity contribution < 1.29 is 4.79 Å². The molecular formula is C11H17BrN2OS. The van der Waals surface area contributed by atoms with Crippen molar-refractivity contribution in [2.45, 2.75) is 33.1 Å². The molecule has 0 spiro atoms. The van der Waals surface area contributed by atoms with Gasteiger partial charge in [0.15, 0.2) is 3.92 Å². The van der Waals surface area contributed by atoms with Crippen LogP contribution in [0.2, 0.25) is 0 Å². The SMILES string of the molecule is CC(C)CCCCNC(=O)c1cnc(Br)s1. The Balaban J connectivity index is 2.16. The smallest absolute Gasteiger partial charge is 0.263 e. The number of rotatable bonds is 6. The highest BCUT2D eigenvalue weighted by Gasteiger charge is 2.08. The summed E-state index contributed by atoms with van der Waals surface area (Å²) in [5.41, 5.74) is 0. The maximum atomic E-state index is 11.6. The Labute approximate surface area is 109 Å². The van der Waals surface area contributed by atoms with E-state index in [2.05, 4.69) is 40.1 Å². The molecule has 0 atom stereocenters. The van der Waals surface area contributed by atoms with Crippen LogP contribution in [-0.2, 0) is 0 Å². The van der Waals surface area contributed by atoms with Crippen LogP contribution < -0.4 is 5.32 Å². The van der Waals surface area contributed by atoms with E-state index in [-0.39, 0.29) is 5.91 Å². The molecular weight excluding hydrogens is 288 g/mol. The fourth-order valence-corrected chi connectivity index (χ4v) is 2.51. The highest BCUT2D eigenvalue weighted by molar-refractivity contribution is 9.11. The van der Waals surface area contributed by atoms with E-state index in [1.54, 1.807) is 6.20 Å². The van der Waals surface area contributed by atoms with Gasteiger partial charge in [0.2, 0.25) is 0 Å². The van der Waals surface area contributed by atoms with Gasteiger partial charge in [-0.2, -0.15) is 0 Å². The molecule has 0 bridgehead atoms. The monoisotopic (exact) mass is 304 g/mol. The van der Waals surface area contributed by atoms with E-state index in [0.717, 1.165) is 22.8 Å². The Kier molecular flexibility index (Phi) is 5.98. The van der Waals surface area contributed by atoms with Crippen LogP contribution in [0.4, 0.5) is 0 Å². The summed E-state index contributed by atoms with van der Waals surface area (Å²) in [6.07, 6.45) is 5.04. The van der Waals surface area contributed by atoms with Crippen LogP contribution in [0.25, 0.3) is 0 Å². The third-order valence-electron chi connectivity index (χ3n) is 2.20. The summed E-state index contributed by atoms with van der Waals surface area (Å²) in [5, 5.41) is 2.90. The molecule has 3 nitrogen and oxygen atoms in total. The zero-order valence-corrected chi connectivity index (χ0v) is 12.0. The van der Waals surface area contributed by atoms with Crippen LogP contribution in [-0.4, -0.2) is 17.4 Å². The molecule has 0 aliphatic rings. The van der Waals surface area contributed by atoms with Crippen molar-refractivity contribution in [1.29, 1.82) is 0 Å². The number of hydrogen-bond acceptors (Lipinski definition) is 3. The van der Waals surface area contributed by atoms with Crippen LogP contribution in [0.5, 0.6) is 0 Å². The molecule has 0 unspecified atom stereocenters. The first kappa shape index (κ1) is 13.6. The lowest BCUT2D eigenvalue weighted by molar-refractivity contribution is 0.0956. The molecule has 0 saturated heterocycles. The van der Waals surface area contributed by atoms with Gasteiger partial charge in [0.1, 0.15) is 4.88 Å². The first-order chi connectivity index (χ1) is 7.59. The van der Waals surface area contributed by atoms with Crippen molar-refractivity contribution in [3.63, 3.8) is 0 Å². The van der Waals surface area contributed by atoms with Gasteiger partial charge in [0.05, 0.1) is 6.20 Å². The predicted octanol–water partition coefficient (Wildman–Crippen LogP) is 3.46. The van der Waals surface area contributed by atoms with Crippen LogP contribution in [0.15, 0.2) is 10.1 Å². The van der Waals surface area contributed by atoms with Crippen molar-refractivity contribution in [2.75, 3.05) is 6.54 Å². The third kappa shape index (κ3) is 5.07. The summed E-state index contributed by atoms with van der Waals surface area (Å²) in [5.74, 6) is 0.723. The molecule has 0 aromatic carbocycles. The van der Waals surface area contributed by atoms with E-state index >= 15 is 0 Å². The molecule has 0 fully saturated rings. The minimum atomic E-state index is -0.0206. The first-order valence-corrected chi connectivity index (χ1v) is 7.10. The molecule has 1 aromatic heterocycles. The van der Waals surface area contributed by atoms with Crippen molar-refractivity contribution >= 4 is 33.2 Å². The maximum Gasteiger partial charge on any atom is 0.263 e. The quantitative estimate of drug-likeness (QED) is 0.818. The van der Waals surface area contributed by atoms with Gasteiger partial charge < -0.3 is 5.32 Å². The van der Waals surface area contributed by atoms with E-state index in [0.29, 0.717) is 4.88 Å². The number of hydrogen-bond donors (Lipinski definition) is 1. The summed E-state index contributed by atoms with van der Waals surface area (Å²) < 4.78 is 0.748. The fraction of sp³-hybridized carbons (Fsp3) is 0.636. The van der Waals surface area contributed by atoms with Crippen molar-refractivity contribution in [3.05, 3.63) is 15.0 Å². The number of halogens is 1. The van der Waals surface area contributed by atoms with Crippen LogP contribution in [0.3, 0.4) is 0 Å². The topological polar surface area (TPSA) is 42.0 Å². The van der Waals surface area contributed by atoms with E-state index < -0.39 is 0 Å². The third-order valence-corrected chi connectivity index (χ3v) is 3.67. The maximum absolute atomic E-state index is 11.6. The minimum absolute atomic E-state index is 0.0206. The van der Waals surface area contributed by atoms with Crippen molar-refractivity contribution in [2.24, 2.45) is 5.92 Å². The van der Waals surface area contributed by atoms with E-state index in [4.69, 9.17) is 0 Å². The molecule has 1 aromatic rings. The number of unbranched alkanes of at least 4 members (excludes halogenated alkanes) is 1. The van der Waals surface area contributed by atoms with Crippen molar-refractivity contribution in [3.8, 4) is 0 Å². The zero-order valence-electron chi connectivity index (χ0n) is 9.62. The second kappa shape index (κ2) is 7.01. The summed E-state index contributed by atoms with van der Waals surface area (Å²) in [4.78, 5) is 16.2. The summed E-state index contributed by atoms with van der Waals surface area (Å²) in [7, 11) is 0. The molecule has 0 aliphatic carbocycles. The number of amides is 1. The predicted molar refractivity (Wildman–Crippen MR) is 70.8 cm³/mol.